The van der Waals surface area contributed by atoms with Crippen LogP contribution in [0.4, 0.5) is 21.0 Å². The predicted octanol–water partition coefficient (Wildman–Crippen LogP) is 5.52. The second-order valence-electron chi connectivity index (χ2n) is 12.0. The minimum Gasteiger partial charge on any atom is -0.444 e. The van der Waals surface area contributed by atoms with E-state index in [1.807, 2.05) is 43.9 Å². The van der Waals surface area contributed by atoms with Crippen LogP contribution in [0.5, 0.6) is 0 Å². The third-order valence-corrected chi connectivity index (χ3v) is 7.53. The van der Waals surface area contributed by atoms with Gasteiger partial charge in [0.15, 0.2) is 5.65 Å². The summed E-state index contributed by atoms with van der Waals surface area (Å²) in [5, 5.41) is 0.772. The molecular formula is C28H36IN5O6S. The van der Waals surface area contributed by atoms with Crippen LogP contribution < -0.4 is 9.62 Å². The maximum atomic E-state index is 12.7. The number of halogens is 1. The van der Waals surface area contributed by atoms with Crippen LogP contribution in [-0.4, -0.2) is 78.7 Å². The number of piperazine rings is 1. The molecule has 4 rings (SSSR count). The van der Waals surface area contributed by atoms with E-state index in [0.717, 1.165) is 26.3 Å². The number of nitrogens with zero attached hydrogens (tertiary/aromatic N) is 4. The predicted molar refractivity (Wildman–Crippen MR) is 168 cm³/mol. The first-order chi connectivity index (χ1) is 18.9. The van der Waals surface area contributed by atoms with Gasteiger partial charge in [-0.1, -0.05) is 6.07 Å². The third-order valence-electron chi connectivity index (χ3n) is 6.08. The molecule has 3 heterocycles. The van der Waals surface area contributed by atoms with E-state index in [-0.39, 0.29) is 6.09 Å². The van der Waals surface area contributed by atoms with Gasteiger partial charge in [0.1, 0.15) is 11.2 Å². The zero-order valence-electron chi connectivity index (χ0n) is 24.3. The number of carbonyl (C=O) groups is 2. The fourth-order valence-electron chi connectivity index (χ4n) is 4.41. The van der Waals surface area contributed by atoms with Gasteiger partial charge in [-0.25, -0.2) is 27.6 Å². The summed E-state index contributed by atoms with van der Waals surface area (Å²) in [6, 6.07) is 7.47. The lowest BCUT2D eigenvalue weighted by Gasteiger charge is -2.37. The van der Waals surface area contributed by atoms with Gasteiger partial charge >= 0.3 is 12.2 Å². The highest BCUT2D eigenvalue weighted by Crippen LogP contribution is 2.34. The van der Waals surface area contributed by atoms with Gasteiger partial charge in [-0.3, -0.25) is 4.72 Å². The number of hydrogen-bond donors (Lipinski definition) is 1. The van der Waals surface area contributed by atoms with E-state index in [9.17, 15) is 18.0 Å². The minimum atomic E-state index is -3.58. The number of ether oxygens (including phenoxy) is 2. The number of aromatic nitrogens is 2. The van der Waals surface area contributed by atoms with Gasteiger partial charge in [-0.05, 0) is 87.9 Å². The Bertz CT molecular complexity index is 1580. The average Bonchev–Trinajstić information content (AvgIpc) is 3.17. The number of benzene rings is 1. The first kappa shape index (κ1) is 30.9. The van der Waals surface area contributed by atoms with Crippen molar-refractivity contribution in [1.82, 2.24) is 14.5 Å². The maximum absolute atomic E-state index is 12.7. The lowest BCUT2D eigenvalue weighted by molar-refractivity contribution is 0.0240. The highest BCUT2D eigenvalue weighted by atomic mass is 127. The molecule has 0 aliphatic carbocycles. The molecule has 1 saturated heterocycles. The summed E-state index contributed by atoms with van der Waals surface area (Å²) in [5.74, 6) is 0. The number of fused-ring (bicyclic) bond motifs is 1. The van der Waals surface area contributed by atoms with Crippen molar-refractivity contribution < 1.29 is 27.5 Å². The van der Waals surface area contributed by atoms with Crippen molar-refractivity contribution in [2.45, 2.75) is 52.7 Å². The number of pyridine rings is 1. The smallest absolute Gasteiger partial charge is 0.420 e. The molecule has 2 aromatic heterocycles. The summed E-state index contributed by atoms with van der Waals surface area (Å²) >= 11 is 2.15. The number of sulfonamides is 1. The highest BCUT2D eigenvalue weighted by molar-refractivity contribution is 14.1. The van der Waals surface area contributed by atoms with Crippen LogP contribution in [0.25, 0.3) is 22.2 Å². The second-order valence-corrected chi connectivity index (χ2v) is 14.9. The highest BCUT2D eigenvalue weighted by Gasteiger charge is 2.27. The number of anilines is 2. The molecule has 1 N–H and O–H groups in total. The molecule has 1 aromatic carbocycles. The van der Waals surface area contributed by atoms with E-state index in [2.05, 4.69) is 32.3 Å². The molecule has 1 amide bonds. The lowest BCUT2D eigenvalue weighted by atomic mass is 10.0. The Morgan fingerprint density at radius 2 is 1.54 bits per heavy atom. The van der Waals surface area contributed by atoms with Crippen LogP contribution in [0, 0.1) is 3.57 Å². The van der Waals surface area contributed by atoms with Gasteiger partial charge in [0.2, 0.25) is 10.0 Å². The van der Waals surface area contributed by atoms with Gasteiger partial charge in [-0.2, -0.15) is 0 Å². The first-order valence-corrected chi connectivity index (χ1v) is 16.1. The first-order valence-electron chi connectivity index (χ1n) is 13.2. The number of amides is 1. The molecule has 41 heavy (non-hydrogen) atoms. The average molecular weight is 698 g/mol. The molecule has 0 atom stereocenters. The van der Waals surface area contributed by atoms with Crippen molar-refractivity contribution >= 4 is 67.2 Å². The monoisotopic (exact) mass is 697 g/mol. The topological polar surface area (TPSA) is 123 Å². The SMILES string of the molecule is CC(C)(C)OC(=O)N1CCN(c2ccc(-c3cnc4c(c3)c(I)cn4C(=O)OC(C)(C)C)cc2NS(C)(=O)=O)CC1. The number of carbonyl (C=O) groups excluding carboxylic acids is 2. The van der Waals surface area contributed by atoms with E-state index in [4.69, 9.17) is 9.47 Å². The van der Waals surface area contributed by atoms with E-state index >= 15 is 0 Å². The molecule has 3 aromatic rings. The largest absolute Gasteiger partial charge is 0.444 e. The Hall–Kier alpha value is -3.07. The molecule has 0 spiro atoms. The van der Waals surface area contributed by atoms with Gasteiger partial charge in [-0.15, -0.1) is 0 Å². The summed E-state index contributed by atoms with van der Waals surface area (Å²) < 4.78 is 40.4. The Labute approximate surface area is 254 Å². The van der Waals surface area contributed by atoms with E-state index in [0.29, 0.717) is 43.2 Å². The van der Waals surface area contributed by atoms with Crippen molar-refractivity contribution in [3.8, 4) is 11.1 Å². The summed E-state index contributed by atoms with van der Waals surface area (Å²) in [7, 11) is -3.58. The van der Waals surface area contributed by atoms with E-state index < -0.39 is 27.3 Å². The van der Waals surface area contributed by atoms with Crippen LogP contribution >= 0.6 is 22.6 Å². The Morgan fingerprint density at radius 1 is 0.927 bits per heavy atom. The van der Waals surface area contributed by atoms with Crippen LogP contribution in [0.3, 0.4) is 0 Å². The summed E-state index contributed by atoms with van der Waals surface area (Å²) in [5.41, 5.74) is 1.90. The summed E-state index contributed by atoms with van der Waals surface area (Å²) in [6.07, 6.45) is 3.57. The molecule has 0 saturated carbocycles. The third kappa shape index (κ3) is 7.82. The second kappa shape index (κ2) is 11.3. The van der Waals surface area contributed by atoms with Crippen LogP contribution in [0.15, 0.2) is 36.7 Å². The Morgan fingerprint density at radius 3 is 2.12 bits per heavy atom. The van der Waals surface area contributed by atoms with Crippen LogP contribution in [-0.2, 0) is 19.5 Å². The molecule has 222 valence electrons. The van der Waals surface area contributed by atoms with Crippen molar-refractivity contribution in [3.63, 3.8) is 0 Å². The maximum Gasteiger partial charge on any atom is 0.420 e. The molecule has 1 fully saturated rings. The summed E-state index contributed by atoms with van der Waals surface area (Å²) in [6.45, 7) is 12.8. The van der Waals surface area contributed by atoms with Crippen molar-refractivity contribution in [2.75, 3.05) is 42.1 Å². The zero-order chi connectivity index (χ0) is 30.3. The molecule has 1 aliphatic rings. The normalized spacial score (nSPS) is 14.7. The quantitative estimate of drug-likeness (QED) is 0.354. The van der Waals surface area contributed by atoms with Crippen LogP contribution in [0.2, 0.25) is 0 Å². The van der Waals surface area contributed by atoms with Gasteiger partial charge < -0.3 is 19.3 Å². The fraction of sp³-hybridized carbons (Fsp3) is 0.464. The van der Waals surface area contributed by atoms with Crippen molar-refractivity contribution in [3.05, 3.63) is 40.2 Å². The molecule has 13 heteroatoms. The lowest BCUT2D eigenvalue weighted by Crippen LogP contribution is -2.50. The van der Waals surface area contributed by atoms with Crippen molar-refractivity contribution in [2.24, 2.45) is 0 Å². The van der Waals surface area contributed by atoms with Crippen LogP contribution in [0.1, 0.15) is 41.5 Å². The molecule has 0 radical (unpaired) electrons. The zero-order valence-corrected chi connectivity index (χ0v) is 27.3. The van der Waals surface area contributed by atoms with Crippen molar-refractivity contribution in [1.29, 1.82) is 0 Å². The Balaban J connectivity index is 1.63. The van der Waals surface area contributed by atoms with E-state index in [1.54, 1.807) is 44.1 Å². The minimum absolute atomic E-state index is 0.361. The molecule has 0 bridgehead atoms. The number of nitrogens with one attached hydrogen (secondary N) is 1. The molecule has 0 unspecified atom stereocenters. The van der Waals surface area contributed by atoms with E-state index in [1.165, 1.54) is 4.57 Å². The standard InChI is InChI=1S/C28H36IN5O6S/c1-27(2,3)39-25(35)33-12-10-32(11-13-33)23-9-8-18(15-22(23)31-41(7,37)38)19-14-20-21(29)17-34(24(20)30-16-19)26(36)40-28(4,5)6/h8-9,14-17,31H,10-13H2,1-7H3. The number of rotatable bonds is 4. The van der Waals surface area contributed by atoms with Gasteiger partial charge in [0.25, 0.3) is 0 Å². The molecule has 11 nitrogen and oxygen atoms in total. The summed E-state index contributed by atoms with van der Waals surface area (Å²) in [4.78, 5) is 33.5. The molecular weight excluding hydrogens is 661 g/mol. The van der Waals surface area contributed by atoms with Gasteiger partial charge in [0.05, 0.1) is 17.6 Å². The Kier molecular flexibility index (Phi) is 8.52. The number of hydrogen-bond acceptors (Lipinski definition) is 8. The molecule has 1 aliphatic heterocycles. The van der Waals surface area contributed by atoms with Gasteiger partial charge in [0, 0.05) is 53.1 Å². The fourth-order valence-corrected chi connectivity index (χ4v) is 5.65.